The number of carbonyl (C=O) groups excluding carboxylic acids is 1. The second-order valence-corrected chi connectivity index (χ2v) is 8.36. The molecule has 0 bridgehead atoms. The van der Waals surface area contributed by atoms with Crippen LogP contribution in [0.1, 0.15) is 29.6 Å². The summed E-state index contributed by atoms with van der Waals surface area (Å²) in [4.78, 5) is 12.0. The maximum atomic E-state index is 14.2. The first-order valence-corrected chi connectivity index (χ1v) is 10.1. The van der Waals surface area contributed by atoms with Crippen LogP contribution in [0, 0.1) is 5.82 Å². The standard InChI is InChI=1S/C18H18ClFN2O3S/c19-14-6-2-3-7-16(14)21-18(23)13-8-9-15(20)17(12-13)26(24,25)22-10-4-1-5-11-22/h2-3,6-9,12H,1,4-5,10-11H2,(H,21,23). The number of amides is 1. The van der Waals surface area contributed by atoms with E-state index < -0.39 is 26.6 Å². The van der Waals surface area contributed by atoms with Crippen molar-refractivity contribution in [3.05, 3.63) is 58.9 Å². The van der Waals surface area contributed by atoms with Gasteiger partial charge in [0, 0.05) is 18.7 Å². The van der Waals surface area contributed by atoms with Crippen LogP contribution in [-0.2, 0) is 10.0 Å². The van der Waals surface area contributed by atoms with Gasteiger partial charge in [0.05, 0.1) is 10.7 Å². The Hall–Kier alpha value is -1.96. The molecule has 0 aliphatic carbocycles. The second kappa shape index (κ2) is 7.73. The average molecular weight is 397 g/mol. The number of nitrogens with zero attached hydrogens (tertiary/aromatic N) is 1. The summed E-state index contributed by atoms with van der Waals surface area (Å²) >= 11 is 6.01. The quantitative estimate of drug-likeness (QED) is 0.852. The Labute approximate surface area is 156 Å². The van der Waals surface area contributed by atoms with Crippen LogP contribution in [0.2, 0.25) is 5.02 Å². The molecule has 1 N–H and O–H groups in total. The van der Waals surface area contributed by atoms with Gasteiger partial charge in [-0.15, -0.1) is 0 Å². The Kier molecular flexibility index (Phi) is 5.60. The third kappa shape index (κ3) is 3.90. The number of benzene rings is 2. The van der Waals surface area contributed by atoms with Crippen molar-refractivity contribution in [1.29, 1.82) is 0 Å². The van der Waals surface area contributed by atoms with Gasteiger partial charge in [0.25, 0.3) is 5.91 Å². The van der Waals surface area contributed by atoms with Crippen LogP contribution < -0.4 is 5.32 Å². The number of anilines is 1. The van der Waals surface area contributed by atoms with Gasteiger partial charge in [0.2, 0.25) is 10.0 Å². The molecular formula is C18H18ClFN2O3S. The van der Waals surface area contributed by atoms with Gasteiger partial charge in [0.1, 0.15) is 10.7 Å². The number of hydrogen-bond donors (Lipinski definition) is 1. The summed E-state index contributed by atoms with van der Waals surface area (Å²) < 4.78 is 40.9. The van der Waals surface area contributed by atoms with Gasteiger partial charge in [-0.1, -0.05) is 30.2 Å². The summed E-state index contributed by atoms with van der Waals surface area (Å²) in [5, 5.41) is 2.95. The lowest BCUT2D eigenvalue weighted by Crippen LogP contribution is -2.36. The van der Waals surface area contributed by atoms with Crippen LogP contribution in [0.4, 0.5) is 10.1 Å². The molecule has 1 fully saturated rings. The Morgan fingerprint density at radius 2 is 1.77 bits per heavy atom. The number of hydrogen-bond acceptors (Lipinski definition) is 3. The maximum absolute atomic E-state index is 14.2. The van der Waals surface area contributed by atoms with Crippen LogP contribution in [0.5, 0.6) is 0 Å². The Morgan fingerprint density at radius 1 is 1.08 bits per heavy atom. The molecule has 1 aliphatic rings. The molecule has 8 heteroatoms. The molecule has 0 unspecified atom stereocenters. The van der Waals surface area contributed by atoms with Gasteiger partial charge >= 0.3 is 0 Å². The number of halogens is 2. The van der Waals surface area contributed by atoms with Crippen LogP contribution >= 0.6 is 11.6 Å². The predicted octanol–water partition coefficient (Wildman–Crippen LogP) is 3.91. The van der Waals surface area contributed by atoms with E-state index in [0.29, 0.717) is 23.8 Å². The summed E-state index contributed by atoms with van der Waals surface area (Å²) in [6.45, 7) is 0.718. The van der Waals surface area contributed by atoms with E-state index in [4.69, 9.17) is 11.6 Å². The molecule has 5 nitrogen and oxygen atoms in total. The molecule has 0 aromatic heterocycles. The van der Waals surface area contributed by atoms with Crippen LogP contribution in [-0.4, -0.2) is 31.7 Å². The summed E-state index contributed by atoms with van der Waals surface area (Å²) in [6.07, 6.45) is 2.44. The molecular weight excluding hydrogens is 379 g/mol. The summed E-state index contributed by atoms with van der Waals surface area (Å²) in [5.41, 5.74) is 0.436. The first kappa shape index (κ1) is 18.8. The van der Waals surface area contributed by atoms with Crippen molar-refractivity contribution in [3.63, 3.8) is 0 Å². The fourth-order valence-electron chi connectivity index (χ4n) is 2.84. The van der Waals surface area contributed by atoms with Crippen molar-refractivity contribution >= 4 is 33.2 Å². The number of nitrogens with one attached hydrogen (secondary N) is 1. The Morgan fingerprint density at radius 3 is 2.46 bits per heavy atom. The van der Waals surface area contributed by atoms with Crippen molar-refractivity contribution in [2.45, 2.75) is 24.2 Å². The number of piperidine rings is 1. The van der Waals surface area contributed by atoms with Gasteiger partial charge in [-0.25, -0.2) is 12.8 Å². The van der Waals surface area contributed by atoms with Gasteiger partial charge in [-0.2, -0.15) is 4.31 Å². The average Bonchev–Trinajstić information content (AvgIpc) is 2.64. The largest absolute Gasteiger partial charge is 0.321 e. The van der Waals surface area contributed by atoms with E-state index in [1.54, 1.807) is 24.3 Å². The zero-order valence-corrected chi connectivity index (χ0v) is 15.5. The molecule has 0 atom stereocenters. The number of sulfonamides is 1. The van der Waals surface area contributed by atoms with Crippen molar-refractivity contribution in [3.8, 4) is 0 Å². The second-order valence-electron chi connectivity index (χ2n) is 6.04. The van der Waals surface area contributed by atoms with Gasteiger partial charge in [0.15, 0.2) is 0 Å². The van der Waals surface area contributed by atoms with E-state index in [-0.39, 0.29) is 5.56 Å². The first-order valence-electron chi connectivity index (χ1n) is 8.25. The maximum Gasteiger partial charge on any atom is 0.255 e. The lowest BCUT2D eigenvalue weighted by molar-refractivity contribution is 0.102. The monoisotopic (exact) mass is 396 g/mol. The van der Waals surface area contributed by atoms with Crippen LogP contribution in [0.3, 0.4) is 0 Å². The summed E-state index contributed by atoms with van der Waals surface area (Å²) in [7, 11) is -3.98. The predicted molar refractivity (Wildman–Crippen MR) is 98.4 cm³/mol. The van der Waals surface area contributed by atoms with Crippen molar-refractivity contribution < 1.29 is 17.6 Å². The molecule has 1 heterocycles. The van der Waals surface area contributed by atoms with Gasteiger partial charge < -0.3 is 5.32 Å². The molecule has 26 heavy (non-hydrogen) atoms. The van der Waals surface area contributed by atoms with Crippen molar-refractivity contribution in [2.75, 3.05) is 18.4 Å². The lowest BCUT2D eigenvalue weighted by atomic mass is 10.2. The molecule has 138 valence electrons. The Balaban J connectivity index is 1.90. The van der Waals surface area contributed by atoms with Gasteiger partial charge in [-0.05, 0) is 43.2 Å². The minimum Gasteiger partial charge on any atom is -0.321 e. The molecule has 1 saturated heterocycles. The fraction of sp³-hybridized carbons (Fsp3) is 0.278. The number of rotatable bonds is 4. The topological polar surface area (TPSA) is 66.5 Å². The molecule has 0 radical (unpaired) electrons. The van der Waals surface area contributed by atoms with Crippen LogP contribution in [0.15, 0.2) is 47.4 Å². The van der Waals surface area contributed by atoms with E-state index in [1.165, 1.54) is 10.4 Å². The van der Waals surface area contributed by atoms with Crippen molar-refractivity contribution in [2.24, 2.45) is 0 Å². The van der Waals surface area contributed by atoms with E-state index in [1.807, 2.05) is 0 Å². The molecule has 3 rings (SSSR count). The smallest absolute Gasteiger partial charge is 0.255 e. The third-order valence-electron chi connectivity index (χ3n) is 4.25. The van der Waals surface area contributed by atoms with Crippen LogP contribution in [0.25, 0.3) is 0 Å². The lowest BCUT2D eigenvalue weighted by Gasteiger charge is -2.26. The molecule has 2 aromatic carbocycles. The zero-order chi connectivity index (χ0) is 18.7. The highest BCUT2D eigenvalue weighted by Crippen LogP contribution is 2.25. The normalized spacial score (nSPS) is 15.6. The van der Waals surface area contributed by atoms with Gasteiger partial charge in [-0.3, -0.25) is 4.79 Å². The van der Waals surface area contributed by atoms with Crippen molar-refractivity contribution in [1.82, 2.24) is 4.31 Å². The summed E-state index contributed by atoms with van der Waals surface area (Å²) in [5.74, 6) is -1.43. The highest BCUT2D eigenvalue weighted by Gasteiger charge is 2.29. The van der Waals surface area contributed by atoms with E-state index >= 15 is 0 Å². The minimum absolute atomic E-state index is 0.0434. The zero-order valence-electron chi connectivity index (χ0n) is 13.9. The first-order chi connectivity index (χ1) is 12.4. The SMILES string of the molecule is O=C(Nc1ccccc1Cl)c1ccc(F)c(S(=O)(=O)N2CCCCC2)c1. The molecule has 1 amide bonds. The molecule has 2 aromatic rings. The molecule has 1 aliphatic heterocycles. The number of para-hydroxylation sites is 1. The molecule has 0 saturated carbocycles. The highest BCUT2D eigenvalue weighted by molar-refractivity contribution is 7.89. The fourth-order valence-corrected chi connectivity index (χ4v) is 4.63. The highest BCUT2D eigenvalue weighted by atomic mass is 35.5. The summed E-state index contributed by atoms with van der Waals surface area (Å²) in [6, 6.07) is 9.99. The molecule has 0 spiro atoms. The van der Waals surface area contributed by atoms with E-state index in [9.17, 15) is 17.6 Å². The van der Waals surface area contributed by atoms with E-state index in [2.05, 4.69) is 5.32 Å². The minimum atomic E-state index is -3.98. The Bertz CT molecular complexity index is 928. The van der Waals surface area contributed by atoms with E-state index in [0.717, 1.165) is 31.4 Å². The third-order valence-corrected chi connectivity index (χ3v) is 6.49. The number of carbonyl (C=O) groups is 1.